The summed E-state index contributed by atoms with van der Waals surface area (Å²) in [7, 11) is 0. The van der Waals surface area contributed by atoms with E-state index in [0.717, 1.165) is 15.7 Å². The molecule has 0 amide bonds. The molecular formula is C12H7BrClN3. The molecule has 2 aromatic heterocycles. The van der Waals surface area contributed by atoms with Crippen LogP contribution in [0.15, 0.2) is 47.1 Å². The highest BCUT2D eigenvalue weighted by Gasteiger charge is 2.08. The van der Waals surface area contributed by atoms with Crippen LogP contribution in [0.1, 0.15) is 0 Å². The molecule has 0 aliphatic heterocycles. The lowest BCUT2D eigenvalue weighted by Gasteiger charge is -1.94. The van der Waals surface area contributed by atoms with Gasteiger partial charge in [0.2, 0.25) is 0 Å². The summed E-state index contributed by atoms with van der Waals surface area (Å²) in [4.78, 5) is 4.47. The zero-order chi connectivity index (χ0) is 11.8. The van der Waals surface area contributed by atoms with Gasteiger partial charge in [-0.25, -0.2) is 9.50 Å². The third-order valence-corrected chi connectivity index (χ3v) is 3.25. The van der Waals surface area contributed by atoms with Gasteiger partial charge >= 0.3 is 0 Å². The summed E-state index contributed by atoms with van der Waals surface area (Å²) >= 11 is 9.40. The highest BCUT2D eigenvalue weighted by molar-refractivity contribution is 9.10. The minimum Gasteiger partial charge on any atom is -0.219 e. The van der Waals surface area contributed by atoms with E-state index in [-0.39, 0.29) is 0 Å². The van der Waals surface area contributed by atoms with Gasteiger partial charge in [-0.05, 0) is 40.2 Å². The number of aromatic nitrogens is 3. The topological polar surface area (TPSA) is 30.2 Å². The third-order valence-electron chi connectivity index (χ3n) is 2.40. The van der Waals surface area contributed by atoms with Crippen molar-refractivity contribution in [3.63, 3.8) is 0 Å². The van der Waals surface area contributed by atoms with E-state index in [1.807, 2.05) is 42.6 Å². The highest BCUT2D eigenvalue weighted by atomic mass is 79.9. The molecule has 0 fully saturated rings. The Morgan fingerprint density at radius 2 is 2.06 bits per heavy atom. The standard InChI is InChI=1S/C12H7BrClN3/c13-10-5-2-6-17-12(10)15-11(16-17)8-3-1-4-9(14)7-8/h1-7H. The molecule has 0 atom stereocenters. The second-order valence-corrected chi connectivity index (χ2v) is 4.86. The predicted molar refractivity (Wildman–Crippen MR) is 71.1 cm³/mol. The first-order chi connectivity index (χ1) is 8.24. The van der Waals surface area contributed by atoms with Crippen molar-refractivity contribution < 1.29 is 0 Å². The SMILES string of the molecule is Clc1cccc(-c2nc3c(Br)cccn3n2)c1. The molecule has 0 aliphatic rings. The van der Waals surface area contributed by atoms with Crippen molar-refractivity contribution in [3.8, 4) is 11.4 Å². The van der Waals surface area contributed by atoms with E-state index >= 15 is 0 Å². The zero-order valence-electron chi connectivity index (χ0n) is 8.64. The number of hydrogen-bond acceptors (Lipinski definition) is 2. The van der Waals surface area contributed by atoms with Crippen LogP contribution in [0.25, 0.3) is 17.0 Å². The maximum atomic E-state index is 5.95. The average molecular weight is 309 g/mol. The maximum absolute atomic E-state index is 5.95. The molecule has 0 spiro atoms. The summed E-state index contributed by atoms with van der Waals surface area (Å²) in [5.74, 6) is 0.666. The molecule has 0 radical (unpaired) electrons. The smallest absolute Gasteiger partial charge is 0.182 e. The fourth-order valence-corrected chi connectivity index (χ4v) is 2.24. The number of fused-ring (bicyclic) bond motifs is 1. The van der Waals surface area contributed by atoms with Gasteiger partial charge in [0.1, 0.15) is 0 Å². The first-order valence-electron chi connectivity index (χ1n) is 5.01. The number of halogens is 2. The lowest BCUT2D eigenvalue weighted by Crippen LogP contribution is -1.86. The first kappa shape index (κ1) is 10.7. The summed E-state index contributed by atoms with van der Waals surface area (Å²) < 4.78 is 2.65. The Hall–Kier alpha value is -1.39. The molecule has 84 valence electrons. The van der Waals surface area contributed by atoms with Gasteiger partial charge in [0.05, 0.1) is 4.47 Å². The minimum atomic E-state index is 0.666. The molecule has 3 aromatic rings. The van der Waals surface area contributed by atoms with Crippen molar-refractivity contribution in [2.24, 2.45) is 0 Å². The molecular weight excluding hydrogens is 302 g/mol. The van der Waals surface area contributed by atoms with Crippen LogP contribution >= 0.6 is 27.5 Å². The second kappa shape index (κ2) is 4.13. The van der Waals surface area contributed by atoms with E-state index in [0.29, 0.717) is 10.8 Å². The quantitative estimate of drug-likeness (QED) is 0.684. The van der Waals surface area contributed by atoms with Gasteiger partial charge in [-0.15, -0.1) is 5.10 Å². The summed E-state index contributed by atoms with van der Waals surface area (Å²) in [6, 6.07) is 11.4. The molecule has 0 unspecified atom stereocenters. The van der Waals surface area contributed by atoms with E-state index in [2.05, 4.69) is 26.0 Å². The van der Waals surface area contributed by atoms with Crippen LogP contribution in [0.2, 0.25) is 5.02 Å². The van der Waals surface area contributed by atoms with Crippen LogP contribution in [0.5, 0.6) is 0 Å². The largest absolute Gasteiger partial charge is 0.219 e. The molecule has 3 nitrogen and oxygen atoms in total. The average Bonchev–Trinajstić information content (AvgIpc) is 2.74. The van der Waals surface area contributed by atoms with Gasteiger partial charge in [-0.2, -0.15) is 0 Å². The molecule has 3 rings (SSSR count). The second-order valence-electron chi connectivity index (χ2n) is 3.57. The molecule has 17 heavy (non-hydrogen) atoms. The number of benzene rings is 1. The fourth-order valence-electron chi connectivity index (χ4n) is 1.62. The lowest BCUT2D eigenvalue weighted by atomic mass is 10.2. The number of hydrogen-bond donors (Lipinski definition) is 0. The van der Waals surface area contributed by atoms with E-state index in [4.69, 9.17) is 11.6 Å². The molecule has 0 saturated heterocycles. The van der Waals surface area contributed by atoms with E-state index < -0.39 is 0 Å². The first-order valence-corrected chi connectivity index (χ1v) is 6.18. The number of nitrogens with zero attached hydrogens (tertiary/aromatic N) is 3. The van der Waals surface area contributed by atoms with Gasteiger partial charge in [-0.1, -0.05) is 23.7 Å². The van der Waals surface area contributed by atoms with Crippen LogP contribution in [0, 0.1) is 0 Å². The Morgan fingerprint density at radius 3 is 2.82 bits per heavy atom. The highest BCUT2D eigenvalue weighted by Crippen LogP contribution is 2.22. The maximum Gasteiger partial charge on any atom is 0.182 e. The van der Waals surface area contributed by atoms with Crippen molar-refractivity contribution >= 4 is 33.2 Å². The Bertz CT molecular complexity index is 693. The Labute approximate surface area is 111 Å². The van der Waals surface area contributed by atoms with Crippen LogP contribution in [0.4, 0.5) is 0 Å². The van der Waals surface area contributed by atoms with E-state index in [1.165, 1.54) is 0 Å². The molecule has 0 N–H and O–H groups in total. The number of pyridine rings is 1. The molecule has 5 heteroatoms. The predicted octanol–water partition coefficient (Wildman–Crippen LogP) is 3.81. The fraction of sp³-hybridized carbons (Fsp3) is 0. The van der Waals surface area contributed by atoms with Crippen molar-refractivity contribution in [2.45, 2.75) is 0 Å². The minimum absolute atomic E-state index is 0.666. The van der Waals surface area contributed by atoms with Crippen molar-refractivity contribution in [1.82, 2.24) is 14.6 Å². The number of rotatable bonds is 1. The monoisotopic (exact) mass is 307 g/mol. The van der Waals surface area contributed by atoms with Crippen LogP contribution in [0.3, 0.4) is 0 Å². The molecule has 1 aromatic carbocycles. The summed E-state index contributed by atoms with van der Waals surface area (Å²) in [6.45, 7) is 0. The van der Waals surface area contributed by atoms with Gasteiger partial charge in [-0.3, -0.25) is 0 Å². The van der Waals surface area contributed by atoms with Gasteiger partial charge in [0.15, 0.2) is 11.5 Å². The molecule has 0 bridgehead atoms. The van der Waals surface area contributed by atoms with E-state index in [1.54, 1.807) is 4.52 Å². The summed E-state index contributed by atoms with van der Waals surface area (Å²) in [5.41, 5.74) is 1.70. The van der Waals surface area contributed by atoms with E-state index in [9.17, 15) is 0 Å². The third kappa shape index (κ3) is 1.94. The van der Waals surface area contributed by atoms with Crippen molar-refractivity contribution in [3.05, 3.63) is 52.1 Å². The Balaban J connectivity index is 2.22. The summed E-state index contributed by atoms with van der Waals surface area (Å²) in [6.07, 6.45) is 1.86. The molecule has 2 heterocycles. The van der Waals surface area contributed by atoms with Gasteiger partial charge < -0.3 is 0 Å². The summed E-state index contributed by atoms with van der Waals surface area (Å²) in [5, 5.41) is 5.08. The Kier molecular flexibility index (Phi) is 2.61. The normalized spacial score (nSPS) is 10.9. The lowest BCUT2D eigenvalue weighted by molar-refractivity contribution is 0.963. The van der Waals surface area contributed by atoms with Gasteiger partial charge in [0, 0.05) is 16.8 Å². The van der Waals surface area contributed by atoms with Crippen LogP contribution < -0.4 is 0 Å². The zero-order valence-corrected chi connectivity index (χ0v) is 11.0. The van der Waals surface area contributed by atoms with Crippen molar-refractivity contribution in [1.29, 1.82) is 0 Å². The molecule has 0 saturated carbocycles. The molecule has 0 aliphatic carbocycles. The van der Waals surface area contributed by atoms with Crippen molar-refractivity contribution in [2.75, 3.05) is 0 Å². The van der Waals surface area contributed by atoms with Crippen LogP contribution in [-0.2, 0) is 0 Å². The van der Waals surface area contributed by atoms with Gasteiger partial charge in [0.25, 0.3) is 0 Å². The Morgan fingerprint density at radius 1 is 1.18 bits per heavy atom. The van der Waals surface area contributed by atoms with Crippen LogP contribution in [-0.4, -0.2) is 14.6 Å².